The predicted molar refractivity (Wildman–Crippen MR) is 138 cm³/mol. The first-order valence-corrected chi connectivity index (χ1v) is 12.5. The standard InChI is InChI=1S/C26H21BrN4O2S/c1-2-14-34-26-29-25(32)23-19-10-6-7-11-21(19)28-24(31(23)30-26)20-15-18(27)12-13-22(20)33-16-17-8-4-3-5-9-17/h2-13,15,24H,1,14,16H2,(H,29,30,32)/t24-/m0/s1. The number of ether oxygens (including phenoxy) is 1. The molecule has 2 aliphatic heterocycles. The monoisotopic (exact) mass is 532 g/mol. The molecule has 0 aromatic heterocycles. The summed E-state index contributed by atoms with van der Waals surface area (Å²) in [6, 6.07) is 23.4. The maximum atomic E-state index is 13.2. The van der Waals surface area contributed by atoms with Crippen LogP contribution in [-0.2, 0) is 11.4 Å². The van der Waals surface area contributed by atoms with E-state index < -0.39 is 6.17 Å². The number of thioether (sulfide) groups is 1. The van der Waals surface area contributed by atoms with Crippen molar-refractivity contribution in [3.05, 3.63) is 112 Å². The highest BCUT2D eigenvalue weighted by Crippen LogP contribution is 2.37. The largest absolute Gasteiger partial charge is 0.488 e. The van der Waals surface area contributed by atoms with Crippen LogP contribution < -0.4 is 20.6 Å². The number of benzene rings is 3. The van der Waals surface area contributed by atoms with Gasteiger partial charge in [0.1, 0.15) is 18.1 Å². The van der Waals surface area contributed by atoms with Crippen LogP contribution in [0.3, 0.4) is 0 Å². The molecule has 0 unspecified atom stereocenters. The maximum Gasteiger partial charge on any atom is 0.276 e. The van der Waals surface area contributed by atoms with Gasteiger partial charge in [0, 0.05) is 21.0 Å². The van der Waals surface area contributed by atoms with Crippen molar-refractivity contribution in [2.75, 3.05) is 5.75 Å². The highest BCUT2D eigenvalue weighted by molar-refractivity contribution is 9.10. The molecule has 0 bridgehead atoms. The minimum Gasteiger partial charge on any atom is -0.488 e. The second kappa shape index (κ2) is 9.87. The summed E-state index contributed by atoms with van der Waals surface area (Å²) in [4.78, 5) is 18.2. The lowest BCUT2D eigenvalue weighted by Gasteiger charge is -2.34. The van der Waals surface area contributed by atoms with E-state index in [1.807, 2.05) is 72.8 Å². The summed E-state index contributed by atoms with van der Waals surface area (Å²) in [6.45, 7) is 4.17. The summed E-state index contributed by atoms with van der Waals surface area (Å²) in [7, 11) is 0. The average Bonchev–Trinajstić information content (AvgIpc) is 2.86. The van der Waals surface area contributed by atoms with Gasteiger partial charge in [0.25, 0.3) is 5.91 Å². The lowest BCUT2D eigenvalue weighted by atomic mass is 10.1. The van der Waals surface area contributed by atoms with E-state index in [4.69, 9.17) is 14.8 Å². The molecule has 0 aliphatic carbocycles. The fourth-order valence-electron chi connectivity index (χ4n) is 3.82. The Kier molecular flexibility index (Phi) is 6.51. The SMILES string of the molecule is C=CCSC1=NN2C(=c3ccccc3=N[C@@H]2c2cc(Br)ccc2OCc2ccccc2)C(=O)N1. The Morgan fingerprint density at radius 3 is 2.74 bits per heavy atom. The van der Waals surface area contributed by atoms with E-state index in [-0.39, 0.29) is 5.91 Å². The predicted octanol–water partition coefficient (Wildman–Crippen LogP) is 4.09. The molecule has 2 heterocycles. The molecule has 2 aliphatic rings. The Balaban J connectivity index is 1.61. The lowest BCUT2D eigenvalue weighted by molar-refractivity contribution is -0.116. The van der Waals surface area contributed by atoms with Crippen molar-refractivity contribution in [3.63, 3.8) is 0 Å². The number of amidine groups is 1. The molecule has 1 atom stereocenters. The minimum atomic E-state index is -0.571. The highest BCUT2D eigenvalue weighted by atomic mass is 79.9. The molecule has 34 heavy (non-hydrogen) atoms. The number of halogens is 1. The van der Waals surface area contributed by atoms with Crippen LogP contribution >= 0.6 is 27.7 Å². The first-order valence-electron chi connectivity index (χ1n) is 10.7. The third-order valence-corrected chi connectivity index (χ3v) is 6.69. The third-order valence-electron chi connectivity index (χ3n) is 5.34. The van der Waals surface area contributed by atoms with Crippen molar-refractivity contribution in [1.29, 1.82) is 0 Å². The Morgan fingerprint density at radius 2 is 1.91 bits per heavy atom. The Hall–Kier alpha value is -3.36. The fraction of sp³-hybridized carbons (Fsp3) is 0.115. The van der Waals surface area contributed by atoms with Crippen LogP contribution in [0, 0.1) is 0 Å². The molecule has 3 aromatic rings. The van der Waals surface area contributed by atoms with Crippen LogP contribution in [0.1, 0.15) is 17.3 Å². The molecular formula is C26H21BrN4O2S. The molecule has 0 saturated carbocycles. The first-order chi connectivity index (χ1) is 16.6. The molecule has 0 spiro atoms. The molecular weight excluding hydrogens is 512 g/mol. The molecule has 0 radical (unpaired) electrons. The number of hydrogen-bond donors (Lipinski definition) is 1. The summed E-state index contributed by atoms with van der Waals surface area (Å²) in [5, 5.41) is 11.4. The number of fused-ring (bicyclic) bond motifs is 2. The van der Waals surface area contributed by atoms with Gasteiger partial charge in [0.05, 0.1) is 5.36 Å². The van der Waals surface area contributed by atoms with Gasteiger partial charge in [-0.05, 0) is 29.8 Å². The molecule has 3 aromatic carbocycles. The van der Waals surface area contributed by atoms with Crippen LogP contribution in [0.4, 0.5) is 0 Å². The van der Waals surface area contributed by atoms with E-state index >= 15 is 0 Å². The van der Waals surface area contributed by atoms with Crippen molar-refractivity contribution in [2.24, 2.45) is 10.1 Å². The summed E-state index contributed by atoms with van der Waals surface area (Å²) in [5.41, 5.74) is 2.34. The van der Waals surface area contributed by atoms with Crippen molar-refractivity contribution < 1.29 is 9.53 Å². The molecule has 170 valence electrons. The quantitative estimate of drug-likeness (QED) is 0.485. The van der Waals surface area contributed by atoms with E-state index in [1.165, 1.54) is 11.8 Å². The van der Waals surface area contributed by atoms with Crippen molar-refractivity contribution in [3.8, 4) is 5.75 Å². The van der Waals surface area contributed by atoms with E-state index in [0.717, 1.165) is 26.2 Å². The van der Waals surface area contributed by atoms with Gasteiger partial charge in [-0.2, -0.15) is 0 Å². The molecule has 8 heteroatoms. The summed E-state index contributed by atoms with van der Waals surface area (Å²) < 4.78 is 7.12. The smallest absolute Gasteiger partial charge is 0.276 e. The number of carbonyl (C=O) groups excluding carboxylic acids is 1. The maximum absolute atomic E-state index is 13.2. The van der Waals surface area contributed by atoms with Crippen molar-refractivity contribution in [1.82, 2.24) is 10.3 Å². The fourth-order valence-corrected chi connectivity index (χ4v) is 4.79. The first kappa shape index (κ1) is 22.4. The molecule has 1 N–H and O–H groups in total. The van der Waals surface area contributed by atoms with Gasteiger partial charge in [0.2, 0.25) is 0 Å². The van der Waals surface area contributed by atoms with Gasteiger partial charge in [-0.3, -0.25) is 15.1 Å². The number of para-hydroxylation sites is 1. The Bertz CT molecular complexity index is 1410. The van der Waals surface area contributed by atoms with Crippen LogP contribution in [0.25, 0.3) is 5.70 Å². The van der Waals surface area contributed by atoms with E-state index in [9.17, 15) is 4.79 Å². The summed E-state index contributed by atoms with van der Waals surface area (Å²) in [5.74, 6) is 1.10. The molecule has 0 fully saturated rings. The zero-order valence-electron chi connectivity index (χ0n) is 18.1. The average molecular weight is 533 g/mol. The van der Waals surface area contributed by atoms with Crippen molar-refractivity contribution in [2.45, 2.75) is 12.8 Å². The van der Waals surface area contributed by atoms with E-state index in [2.05, 4.69) is 27.8 Å². The molecule has 6 nitrogen and oxygen atoms in total. The number of nitrogens with zero attached hydrogens (tertiary/aromatic N) is 3. The molecule has 5 rings (SSSR count). The minimum absolute atomic E-state index is 0.212. The number of carbonyl (C=O) groups is 1. The number of hydrazone groups is 1. The lowest BCUT2D eigenvalue weighted by Crippen LogP contribution is -2.50. The molecule has 1 amide bonds. The van der Waals surface area contributed by atoms with Crippen LogP contribution in [0.2, 0.25) is 0 Å². The Labute approximate surface area is 209 Å². The molecule has 0 saturated heterocycles. The highest BCUT2D eigenvalue weighted by Gasteiger charge is 2.35. The van der Waals surface area contributed by atoms with Crippen LogP contribution in [0.5, 0.6) is 5.75 Å². The van der Waals surface area contributed by atoms with Crippen LogP contribution in [0.15, 0.2) is 100 Å². The zero-order chi connectivity index (χ0) is 23.5. The second-order valence-electron chi connectivity index (χ2n) is 7.63. The van der Waals surface area contributed by atoms with Crippen LogP contribution in [-0.4, -0.2) is 21.8 Å². The topological polar surface area (TPSA) is 66.3 Å². The van der Waals surface area contributed by atoms with E-state index in [0.29, 0.717) is 29.0 Å². The normalized spacial score (nSPS) is 16.6. The summed E-state index contributed by atoms with van der Waals surface area (Å²) >= 11 is 5.00. The third kappa shape index (κ3) is 4.51. The van der Waals surface area contributed by atoms with E-state index in [1.54, 1.807) is 11.1 Å². The number of hydrogen-bond acceptors (Lipinski definition) is 6. The van der Waals surface area contributed by atoms with Gasteiger partial charge < -0.3 is 4.74 Å². The van der Waals surface area contributed by atoms with Gasteiger partial charge >= 0.3 is 0 Å². The Morgan fingerprint density at radius 1 is 1.12 bits per heavy atom. The van der Waals surface area contributed by atoms with Gasteiger partial charge in [-0.15, -0.1) is 11.7 Å². The van der Waals surface area contributed by atoms with Crippen molar-refractivity contribution >= 4 is 44.5 Å². The number of rotatable bonds is 6. The number of amides is 1. The van der Waals surface area contributed by atoms with Gasteiger partial charge in [-0.1, -0.05) is 82.3 Å². The number of nitrogens with one attached hydrogen (secondary N) is 1. The second-order valence-corrected chi connectivity index (χ2v) is 9.55. The zero-order valence-corrected chi connectivity index (χ0v) is 20.6. The van der Waals surface area contributed by atoms with Gasteiger partial charge in [0.15, 0.2) is 11.3 Å². The van der Waals surface area contributed by atoms with Gasteiger partial charge in [-0.25, -0.2) is 5.01 Å². The summed E-state index contributed by atoms with van der Waals surface area (Å²) in [6.07, 6.45) is 1.20.